The Hall–Kier alpha value is -2.48. The molecule has 0 aromatic heterocycles. The molecule has 1 saturated heterocycles. The summed E-state index contributed by atoms with van der Waals surface area (Å²) < 4.78 is 5.69. The molecule has 2 rings (SSSR count). The molecule has 1 N–H and O–H groups in total. The highest BCUT2D eigenvalue weighted by molar-refractivity contribution is 5.97. The van der Waals surface area contributed by atoms with Crippen LogP contribution in [0.15, 0.2) is 30.0 Å². The number of piperidine rings is 1. The van der Waals surface area contributed by atoms with Crippen molar-refractivity contribution in [2.45, 2.75) is 46.1 Å². The van der Waals surface area contributed by atoms with Crippen LogP contribution in [0, 0.1) is 18.3 Å². The summed E-state index contributed by atoms with van der Waals surface area (Å²) in [5, 5.41) is 12.5. The molecular weight excluding hydrogens is 314 g/mol. The van der Waals surface area contributed by atoms with Gasteiger partial charge in [0.2, 0.25) is 0 Å². The minimum atomic E-state index is -0.184. The summed E-state index contributed by atoms with van der Waals surface area (Å²) in [6.07, 6.45) is 4.71. The number of nitrogens with one attached hydrogen (secondary N) is 1. The standard InChI is InChI=1S/C20H27N3O2/c1-4-25-19-9-8-15(2)12-18(19)16(3)22-14-17(13-21)20(24)23-10-6-5-7-11-23/h8-9,12,14,16,22H,4-7,10-11H2,1-3H3/b17-14-. The van der Waals surface area contributed by atoms with Gasteiger partial charge < -0.3 is 15.0 Å². The van der Waals surface area contributed by atoms with E-state index in [0.29, 0.717) is 6.61 Å². The molecule has 5 heteroatoms. The lowest BCUT2D eigenvalue weighted by molar-refractivity contribution is -0.127. The number of hydrogen-bond donors (Lipinski definition) is 1. The third kappa shape index (κ3) is 4.99. The van der Waals surface area contributed by atoms with Crippen LogP contribution in [0.3, 0.4) is 0 Å². The highest BCUT2D eigenvalue weighted by atomic mass is 16.5. The van der Waals surface area contributed by atoms with Crippen molar-refractivity contribution in [3.05, 3.63) is 41.1 Å². The third-order valence-corrected chi connectivity index (χ3v) is 4.40. The van der Waals surface area contributed by atoms with Crippen LogP contribution in [-0.2, 0) is 4.79 Å². The maximum absolute atomic E-state index is 12.5. The van der Waals surface area contributed by atoms with Gasteiger partial charge in [-0.25, -0.2) is 0 Å². The quantitative estimate of drug-likeness (QED) is 0.636. The third-order valence-electron chi connectivity index (χ3n) is 4.40. The van der Waals surface area contributed by atoms with Crippen molar-refractivity contribution in [2.75, 3.05) is 19.7 Å². The Morgan fingerprint density at radius 2 is 2.12 bits per heavy atom. The fraction of sp³-hybridized carbons (Fsp3) is 0.500. The van der Waals surface area contributed by atoms with Gasteiger partial charge in [0, 0.05) is 24.9 Å². The van der Waals surface area contributed by atoms with Gasteiger partial charge in [0.05, 0.1) is 12.6 Å². The normalized spacial score (nSPS) is 16.1. The Morgan fingerprint density at radius 1 is 1.40 bits per heavy atom. The smallest absolute Gasteiger partial charge is 0.265 e. The zero-order valence-corrected chi connectivity index (χ0v) is 15.3. The summed E-state index contributed by atoms with van der Waals surface area (Å²) >= 11 is 0. The van der Waals surface area contributed by atoms with Crippen molar-refractivity contribution in [3.63, 3.8) is 0 Å². The zero-order chi connectivity index (χ0) is 18.2. The fourth-order valence-electron chi connectivity index (χ4n) is 3.00. The van der Waals surface area contributed by atoms with Crippen molar-refractivity contribution in [1.29, 1.82) is 5.26 Å². The van der Waals surface area contributed by atoms with Crippen molar-refractivity contribution >= 4 is 5.91 Å². The molecule has 1 atom stereocenters. The van der Waals surface area contributed by atoms with E-state index in [1.807, 2.05) is 39.0 Å². The molecule has 1 unspecified atom stereocenters. The number of amides is 1. The van der Waals surface area contributed by atoms with Gasteiger partial charge in [0.15, 0.2) is 0 Å². The molecule has 0 bridgehead atoms. The van der Waals surface area contributed by atoms with Gasteiger partial charge in [-0.05, 0) is 46.1 Å². The van der Waals surface area contributed by atoms with E-state index >= 15 is 0 Å². The second-order valence-electron chi connectivity index (χ2n) is 6.39. The van der Waals surface area contributed by atoms with E-state index in [9.17, 15) is 10.1 Å². The van der Waals surface area contributed by atoms with Gasteiger partial charge in [-0.2, -0.15) is 5.26 Å². The first-order chi connectivity index (χ1) is 12.1. The Balaban J connectivity index is 2.11. The number of ether oxygens (including phenoxy) is 1. The summed E-state index contributed by atoms with van der Waals surface area (Å²) in [7, 11) is 0. The van der Waals surface area contributed by atoms with Crippen LogP contribution < -0.4 is 10.1 Å². The van der Waals surface area contributed by atoms with Gasteiger partial charge in [0.1, 0.15) is 17.4 Å². The minimum Gasteiger partial charge on any atom is -0.494 e. The first-order valence-electron chi connectivity index (χ1n) is 8.95. The number of carbonyl (C=O) groups is 1. The van der Waals surface area contributed by atoms with Crippen molar-refractivity contribution in [3.8, 4) is 11.8 Å². The molecule has 1 aromatic carbocycles. The number of likely N-dealkylation sites (tertiary alicyclic amines) is 1. The molecule has 25 heavy (non-hydrogen) atoms. The van der Waals surface area contributed by atoms with E-state index in [-0.39, 0.29) is 17.5 Å². The van der Waals surface area contributed by atoms with E-state index in [2.05, 4.69) is 11.4 Å². The highest BCUT2D eigenvalue weighted by Crippen LogP contribution is 2.26. The molecular formula is C20H27N3O2. The van der Waals surface area contributed by atoms with Crippen molar-refractivity contribution in [1.82, 2.24) is 10.2 Å². The van der Waals surface area contributed by atoms with Crippen LogP contribution >= 0.6 is 0 Å². The molecule has 1 heterocycles. The molecule has 0 aliphatic carbocycles. The number of hydrogen-bond acceptors (Lipinski definition) is 4. The molecule has 1 aliphatic rings. The lowest BCUT2D eigenvalue weighted by Gasteiger charge is -2.26. The van der Waals surface area contributed by atoms with Gasteiger partial charge in [-0.15, -0.1) is 0 Å². The van der Waals surface area contributed by atoms with Gasteiger partial charge in [0.25, 0.3) is 5.91 Å². The van der Waals surface area contributed by atoms with Gasteiger partial charge >= 0.3 is 0 Å². The number of carbonyl (C=O) groups excluding carboxylic acids is 1. The first-order valence-corrected chi connectivity index (χ1v) is 8.95. The number of benzene rings is 1. The largest absolute Gasteiger partial charge is 0.494 e. The molecule has 0 spiro atoms. The minimum absolute atomic E-state index is 0.0704. The van der Waals surface area contributed by atoms with E-state index in [1.54, 1.807) is 11.1 Å². The maximum Gasteiger partial charge on any atom is 0.265 e. The Morgan fingerprint density at radius 3 is 2.76 bits per heavy atom. The van der Waals surface area contributed by atoms with Crippen LogP contribution in [-0.4, -0.2) is 30.5 Å². The zero-order valence-electron chi connectivity index (χ0n) is 15.3. The molecule has 1 fully saturated rings. The Bertz CT molecular complexity index is 670. The fourth-order valence-corrected chi connectivity index (χ4v) is 3.00. The van der Waals surface area contributed by atoms with Gasteiger partial charge in [-0.3, -0.25) is 4.79 Å². The molecule has 0 saturated carbocycles. The van der Waals surface area contributed by atoms with E-state index < -0.39 is 0 Å². The van der Waals surface area contributed by atoms with Crippen molar-refractivity contribution < 1.29 is 9.53 Å². The van der Waals surface area contributed by atoms with E-state index in [1.165, 1.54) is 0 Å². The lowest BCUT2D eigenvalue weighted by Crippen LogP contribution is -2.36. The highest BCUT2D eigenvalue weighted by Gasteiger charge is 2.20. The summed E-state index contributed by atoms with van der Waals surface area (Å²) in [5.74, 6) is 0.638. The van der Waals surface area contributed by atoms with Crippen LogP contribution in [0.4, 0.5) is 0 Å². The summed E-state index contributed by atoms with van der Waals surface area (Å²) in [5.41, 5.74) is 2.31. The summed E-state index contributed by atoms with van der Waals surface area (Å²) in [4.78, 5) is 14.2. The molecule has 0 radical (unpaired) electrons. The maximum atomic E-state index is 12.5. The Kier molecular flexibility index (Phi) is 6.88. The molecule has 1 amide bonds. The summed E-state index contributed by atoms with van der Waals surface area (Å²) in [6.45, 7) is 8.04. The van der Waals surface area contributed by atoms with Gasteiger partial charge in [-0.1, -0.05) is 17.7 Å². The molecule has 134 valence electrons. The van der Waals surface area contributed by atoms with Crippen LogP contribution in [0.1, 0.15) is 50.3 Å². The predicted octanol–water partition coefficient (Wildman–Crippen LogP) is 3.46. The number of nitriles is 1. The second kappa shape index (κ2) is 9.12. The Labute approximate surface area is 150 Å². The molecule has 5 nitrogen and oxygen atoms in total. The topological polar surface area (TPSA) is 65.4 Å². The summed E-state index contributed by atoms with van der Waals surface area (Å²) in [6, 6.07) is 8.00. The molecule has 1 aromatic rings. The van der Waals surface area contributed by atoms with Crippen molar-refractivity contribution in [2.24, 2.45) is 0 Å². The van der Waals surface area contributed by atoms with E-state index in [4.69, 9.17) is 4.74 Å². The first kappa shape index (κ1) is 18.9. The SMILES string of the molecule is CCOc1ccc(C)cc1C(C)N/C=C(/C#N)C(=O)N1CCCCC1. The number of aryl methyl sites for hydroxylation is 1. The lowest BCUT2D eigenvalue weighted by atomic mass is 10.0. The van der Waals surface area contributed by atoms with Crippen LogP contribution in [0.25, 0.3) is 0 Å². The van der Waals surface area contributed by atoms with E-state index in [0.717, 1.165) is 49.2 Å². The monoisotopic (exact) mass is 341 g/mol. The average Bonchev–Trinajstić information content (AvgIpc) is 2.64. The predicted molar refractivity (Wildman–Crippen MR) is 98.0 cm³/mol. The average molecular weight is 341 g/mol. The second-order valence-corrected chi connectivity index (χ2v) is 6.39. The van der Waals surface area contributed by atoms with Crippen LogP contribution in [0.5, 0.6) is 5.75 Å². The molecule has 1 aliphatic heterocycles. The van der Waals surface area contributed by atoms with Crippen LogP contribution in [0.2, 0.25) is 0 Å². The number of nitrogens with zero attached hydrogens (tertiary/aromatic N) is 2. The number of rotatable bonds is 6.